The second kappa shape index (κ2) is 4.83. The minimum Gasteiger partial charge on any atom is -0.367 e. The van der Waals surface area contributed by atoms with E-state index in [2.05, 4.69) is 23.7 Å². The Balaban J connectivity index is 2.27. The maximum atomic E-state index is 5.78. The zero-order valence-electron chi connectivity index (χ0n) is 10.2. The lowest BCUT2D eigenvalue weighted by Gasteiger charge is -2.39. The number of hydrogen-bond donors (Lipinski definition) is 1. The monoisotopic (exact) mass is 219 g/mol. The van der Waals surface area contributed by atoms with Gasteiger partial charge in [0.25, 0.3) is 0 Å². The van der Waals surface area contributed by atoms with Crippen LogP contribution >= 0.6 is 0 Å². The second-order valence-corrected chi connectivity index (χ2v) is 4.89. The molecule has 2 N–H and O–H groups in total. The van der Waals surface area contributed by atoms with Gasteiger partial charge in [-0.15, -0.1) is 0 Å². The van der Waals surface area contributed by atoms with E-state index in [-0.39, 0.29) is 0 Å². The highest BCUT2D eigenvalue weighted by Gasteiger charge is 2.24. The van der Waals surface area contributed by atoms with Gasteiger partial charge in [-0.1, -0.05) is 6.92 Å². The average Bonchev–Trinajstić information content (AvgIpc) is 2.32. The third-order valence-electron chi connectivity index (χ3n) is 3.53. The van der Waals surface area contributed by atoms with Crippen LogP contribution in [0.25, 0.3) is 0 Å². The first-order valence-electron chi connectivity index (χ1n) is 6.12. The van der Waals surface area contributed by atoms with Crippen molar-refractivity contribution in [3.8, 4) is 0 Å². The lowest BCUT2D eigenvalue weighted by Crippen LogP contribution is -2.41. The average molecular weight is 219 g/mol. The number of nitrogens with zero attached hydrogens (tertiary/aromatic N) is 2. The van der Waals surface area contributed by atoms with E-state index in [0.717, 1.165) is 12.5 Å². The van der Waals surface area contributed by atoms with Crippen molar-refractivity contribution in [2.45, 2.75) is 39.3 Å². The standard InChI is InChI=1S/C13H21N3/c1-10-3-4-11(2)16(9-10)13-8-15-6-5-12(13)7-14/h5-6,8,10-11H,3-4,7,9,14H2,1-2H3. The number of pyridine rings is 1. The largest absolute Gasteiger partial charge is 0.367 e. The summed E-state index contributed by atoms with van der Waals surface area (Å²) in [5, 5.41) is 0. The van der Waals surface area contributed by atoms with Crippen molar-refractivity contribution < 1.29 is 0 Å². The first-order chi connectivity index (χ1) is 7.72. The normalized spacial score (nSPS) is 25.8. The van der Waals surface area contributed by atoms with Crippen LogP contribution in [0.3, 0.4) is 0 Å². The van der Waals surface area contributed by atoms with E-state index in [4.69, 9.17) is 5.73 Å². The van der Waals surface area contributed by atoms with Crippen molar-refractivity contribution in [2.75, 3.05) is 11.4 Å². The molecule has 2 unspecified atom stereocenters. The summed E-state index contributed by atoms with van der Waals surface area (Å²) in [4.78, 5) is 6.69. The first-order valence-corrected chi connectivity index (χ1v) is 6.12. The molecule has 0 aliphatic carbocycles. The highest BCUT2D eigenvalue weighted by atomic mass is 15.2. The number of rotatable bonds is 2. The van der Waals surface area contributed by atoms with Gasteiger partial charge in [0.15, 0.2) is 0 Å². The van der Waals surface area contributed by atoms with Gasteiger partial charge in [0.1, 0.15) is 0 Å². The van der Waals surface area contributed by atoms with Crippen LogP contribution in [0.4, 0.5) is 5.69 Å². The molecule has 2 heterocycles. The van der Waals surface area contributed by atoms with Crippen LogP contribution in [0.1, 0.15) is 32.3 Å². The van der Waals surface area contributed by atoms with Gasteiger partial charge in [-0.3, -0.25) is 4.98 Å². The second-order valence-electron chi connectivity index (χ2n) is 4.89. The lowest BCUT2D eigenvalue weighted by molar-refractivity contribution is 0.389. The highest BCUT2D eigenvalue weighted by molar-refractivity contribution is 5.52. The topological polar surface area (TPSA) is 42.2 Å². The van der Waals surface area contributed by atoms with Gasteiger partial charge in [0.2, 0.25) is 0 Å². The van der Waals surface area contributed by atoms with Crippen molar-refractivity contribution in [1.29, 1.82) is 0 Å². The van der Waals surface area contributed by atoms with Crippen LogP contribution < -0.4 is 10.6 Å². The fraction of sp³-hybridized carbons (Fsp3) is 0.615. The Morgan fingerprint density at radius 1 is 1.44 bits per heavy atom. The Kier molecular flexibility index (Phi) is 3.44. The number of hydrogen-bond acceptors (Lipinski definition) is 3. The highest BCUT2D eigenvalue weighted by Crippen LogP contribution is 2.29. The molecule has 88 valence electrons. The predicted molar refractivity (Wildman–Crippen MR) is 67.3 cm³/mol. The Morgan fingerprint density at radius 2 is 2.25 bits per heavy atom. The molecule has 1 aromatic heterocycles. The molecule has 0 radical (unpaired) electrons. The van der Waals surface area contributed by atoms with E-state index in [1.165, 1.54) is 24.1 Å². The van der Waals surface area contributed by atoms with E-state index < -0.39 is 0 Å². The minimum atomic E-state index is 0.593. The molecule has 2 atom stereocenters. The third kappa shape index (κ3) is 2.19. The van der Waals surface area contributed by atoms with E-state index in [0.29, 0.717) is 12.6 Å². The molecular formula is C13H21N3. The summed E-state index contributed by atoms with van der Waals surface area (Å²) < 4.78 is 0. The summed E-state index contributed by atoms with van der Waals surface area (Å²) in [6, 6.07) is 2.63. The fourth-order valence-corrected chi connectivity index (χ4v) is 2.47. The molecule has 2 rings (SSSR count). The Bertz CT molecular complexity index is 351. The van der Waals surface area contributed by atoms with Crippen molar-refractivity contribution >= 4 is 5.69 Å². The number of piperidine rings is 1. The fourth-order valence-electron chi connectivity index (χ4n) is 2.47. The van der Waals surface area contributed by atoms with Crippen LogP contribution in [0.15, 0.2) is 18.5 Å². The summed E-state index contributed by atoms with van der Waals surface area (Å²) in [5.74, 6) is 0.766. The molecule has 1 aromatic rings. The van der Waals surface area contributed by atoms with Gasteiger partial charge in [-0.25, -0.2) is 0 Å². The third-order valence-corrected chi connectivity index (χ3v) is 3.53. The molecule has 0 amide bonds. The maximum absolute atomic E-state index is 5.78. The number of nitrogens with two attached hydrogens (primary N) is 1. The van der Waals surface area contributed by atoms with Crippen molar-refractivity contribution in [3.63, 3.8) is 0 Å². The molecule has 1 saturated heterocycles. The molecule has 1 aliphatic heterocycles. The van der Waals surface area contributed by atoms with Crippen LogP contribution in [0.5, 0.6) is 0 Å². The number of aromatic nitrogens is 1. The Morgan fingerprint density at radius 3 is 3.00 bits per heavy atom. The number of anilines is 1. The smallest absolute Gasteiger partial charge is 0.0600 e. The van der Waals surface area contributed by atoms with Crippen LogP contribution in [0, 0.1) is 5.92 Å². The van der Waals surface area contributed by atoms with Gasteiger partial charge >= 0.3 is 0 Å². The van der Waals surface area contributed by atoms with Crippen LogP contribution in [-0.4, -0.2) is 17.6 Å². The van der Waals surface area contributed by atoms with Gasteiger partial charge < -0.3 is 10.6 Å². The molecule has 1 aliphatic rings. The summed E-state index contributed by atoms with van der Waals surface area (Å²) >= 11 is 0. The quantitative estimate of drug-likeness (QED) is 0.829. The van der Waals surface area contributed by atoms with Crippen LogP contribution in [0.2, 0.25) is 0 Å². The summed E-state index contributed by atoms with van der Waals surface area (Å²) in [7, 11) is 0. The van der Waals surface area contributed by atoms with Crippen molar-refractivity contribution in [1.82, 2.24) is 4.98 Å². The van der Waals surface area contributed by atoms with E-state index in [1.54, 1.807) is 0 Å². The molecule has 0 spiro atoms. The lowest BCUT2D eigenvalue weighted by atomic mass is 9.94. The summed E-state index contributed by atoms with van der Waals surface area (Å²) in [6.07, 6.45) is 6.37. The van der Waals surface area contributed by atoms with Gasteiger partial charge in [-0.2, -0.15) is 0 Å². The maximum Gasteiger partial charge on any atom is 0.0600 e. The SMILES string of the molecule is CC1CCC(C)N(c2cnccc2CN)C1. The van der Waals surface area contributed by atoms with E-state index >= 15 is 0 Å². The molecule has 1 fully saturated rings. The molecule has 3 heteroatoms. The summed E-state index contributed by atoms with van der Waals surface area (Å²) in [5.41, 5.74) is 8.21. The van der Waals surface area contributed by atoms with Gasteiger partial charge in [-0.05, 0) is 37.3 Å². The van der Waals surface area contributed by atoms with E-state index in [9.17, 15) is 0 Å². The molecular weight excluding hydrogens is 198 g/mol. The molecule has 0 saturated carbocycles. The predicted octanol–water partition coefficient (Wildman–Crippen LogP) is 2.17. The molecule has 0 aromatic carbocycles. The minimum absolute atomic E-state index is 0.593. The first kappa shape index (κ1) is 11.4. The van der Waals surface area contributed by atoms with Gasteiger partial charge in [0, 0.05) is 25.3 Å². The zero-order valence-corrected chi connectivity index (χ0v) is 10.2. The molecule has 3 nitrogen and oxygen atoms in total. The van der Waals surface area contributed by atoms with Crippen molar-refractivity contribution in [2.24, 2.45) is 11.7 Å². The Hall–Kier alpha value is -1.09. The van der Waals surface area contributed by atoms with Gasteiger partial charge in [0.05, 0.1) is 11.9 Å². The summed E-state index contributed by atoms with van der Waals surface area (Å²) in [6.45, 7) is 6.33. The molecule has 16 heavy (non-hydrogen) atoms. The van der Waals surface area contributed by atoms with E-state index in [1.807, 2.05) is 18.5 Å². The molecule has 0 bridgehead atoms. The zero-order chi connectivity index (χ0) is 11.5. The van der Waals surface area contributed by atoms with Crippen LogP contribution in [-0.2, 0) is 6.54 Å². The Labute approximate surface area is 97.7 Å². The van der Waals surface area contributed by atoms with Crippen molar-refractivity contribution in [3.05, 3.63) is 24.0 Å².